The number of hydrogen-bond acceptors (Lipinski definition) is 4. The van der Waals surface area contributed by atoms with Gasteiger partial charge in [-0.05, 0) is 17.7 Å². The fraction of sp³-hybridized carbons (Fsp3) is 0.273. The van der Waals surface area contributed by atoms with Crippen molar-refractivity contribution in [3.8, 4) is 17.0 Å². The van der Waals surface area contributed by atoms with E-state index in [2.05, 4.69) is 0 Å². The van der Waals surface area contributed by atoms with E-state index in [-0.39, 0.29) is 5.91 Å². The number of carbonyl (C=O) groups is 1. The monoisotopic (exact) mass is 377 g/mol. The molecule has 144 valence electrons. The Morgan fingerprint density at radius 3 is 2.54 bits per heavy atom. The fourth-order valence-electron chi connectivity index (χ4n) is 3.41. The Bertz CT molecular complexity index is 947. The number of morpholine rings is 1. The number of nitrogens with zero attached hydrogens (tertiary/aromatic N) is 3. The minimum atomic E-state index is -0.0245. The quantitative estimate of drug-likeness (QED) is 0.686. The van der Waals surface area contributed by atoms with Gasteiger partial charge in [0.25, 0.3) is 5.91 Å². The minimum absolute atomic E-state index is 0.0245. The first-order chi connectivity index (χ1) is 13.8. The molecule has 0 bridgehead atoms. The SMILES string of the molecule is COc1ccccc1-c1nn(Cc2ccccc2)cc1C(=O)N1CCOCC1. The van der Waals surface area contributed by atoms with E-state index in [0.717, 1.165) is 11.1 Å². The van der Waals surface area contributed by atoms with Crippen LogP contribution in [0.25, 0.3) is 11.3 Å². The van der Waals surface area contributed by atoms with Crippen LogP contribution in [0.1, 0.15) is 15.9 Å². The van der Waals surface area contributed by atoms with Crippen molar-refractivity contribution in [2.75, 3.05) is 33.4 Å². The number of rotatable bonds is 5. The number of benzene rings is 2. The topological polar surface area (TPSA) is 56.6 Å². The summed E-state index contributed by atoms with van der Waals surface area (Å²) in [5, 5.41) is 4.76. The zero-order chi connectivity index (χ0) is 19.3. The molecule has 1 aliphatic heterocycles. The van der Waals surface area contributed by atoms with Gasteiger partial charge in [0.1, 0.15) is 11.4 Å². The lowest BCUT2D eigenvalue weighted by molar-refractivity contribution is 0.0303. The van der Waals surface area contributed by atoms with Gasteiger partial charge in [0.2, 0.25) is 0 Å². The predicted octanol–water partition coefficient (Wildman–Crippen LogP) is 3.08. The molecule has 0 radical (unpaired) electrons. The maximum absolute atomic E-state index is 13.2. The second kappa shape index (κ2) is 8.27. The Labute approximate surface area is 164 Å². The van der Waals surface area contributed by atoms with Crippen molar-refractivity contribution in [1.29, 1.82) is 0 Å². The zero-order valence-electron chi connectivity index (χ0n) is 15.9. The Balaban J connectivity index is 1.74. The molecule has 6 heteroatoms. The van der Waals surface area contributed by atoms with Crippen molar-refractivity contribution in [2.45, 2.75) is 6.54 Å². The summed E-state index contributed by atoms with van der Waals surface area (Å²) in [7, 11) is 1.63. The third-order valence-electron chi connectivity index (χ3n) is 4.84. The average Bonchev–Trinajstić information content (AvgIpc) is 3.18. The molecule has 2 heterocycles. The molecule has 28 heavy (non-hydrogen) atoms. The Morgan fingerprint density at radius 1 is 1.07 bits per heavy atom. The van der Waals surface area contributed by atoms with Crippen LogP contribution in [0.5, 0.6) is 5.75 Å². The molecule has 6 nitrogen and oxygen atoms in total. The van der Waals surface area contributed by atoms with E-state index in [1.165, 1.54) is 0 Å². The lowest BCUT2D eigenvalue weighted by Crippen LogP contribution is -2.40. The number of methoxy groups -OCH3 is 1. The van der Waals surface area contributed by atoms with Crippen molar-refractivity contribution < 1.29 is 14.3 Å². The lowest BCUT2D eigenvalue weighted by atomic mass is 10.1. The molecule has 1 saturated heterocycles. The van der Waals surface area contributed by atoms with Gasteiger partial charge in [-0.2, -0.15) is 5.10 Å². The van der Waals surface area contributed by atoms with Crippen LogP contribution in [0.15, 0.2) is 60.8 Å². The molecule has 0 N–H and O–H groups in total. The summed E-state index contributed by atoms with van der Waals surface area (Å²) in [6.07, 6.45) is 1.84. The summed E-state index contributed by atoms with van der Waals surface area (Å²) in [5.74, 6) is 0.673. The summed E-state index contributed by atoms with van der Waals surface area (Å²) in [6, 6.07) is 17.7. The predicted molar refractivity (Wildman–Crippen MR) is 106 cm³/mol. The molecule has 2 aromatic carbocycles. The van der Waals surface area contributed by atoms with E-state index in [1.807, 2.05) is 70.4 Å². The average molecular weight is 377 g/mol. The van der Waals surface area contributed by atoms with Gasteiger partial charge < -0.3 is 14.4 Å². The molecule has 0 aliphatic carbocycles. The highest BCUT2D eigenvalue weighted by Crippen LogP contribution is 2.32. The van der Waals surface area contributed by atoms with Crippen LogP contribution in [-0.4, -0.2) is 54.0 Å². The van der Waals surface area contributed by atoms with E-state index in [9.17, 15) is 4.79 Å². The van der Waals surface area contributed by atoms with Crippen molar-refractivity contribution in [1.82, 2.24) is 14.7 Å². The molecular formula is C22H23N3O3. The molecule has 0 saturated carbocycles. The molecule has 1 aromatic heterocycles. The van der Waals surface area contributed by atoms with E-state index in [1.54, 1.807) is 7.11 Å². The number of amides is 1. The van der Waals surface area contributed by atoms with Crippen molar-refractivity contribution in [3.05, 3.63) is 71.9 Å². The maximum Gasteiger partial charge on any atom is 0.257 e. The number of carbonyl (C=O) groups excluding carboxylic acids is 1. The van der Waals surface area contributed by atoms with Crippen LogP contribution in [0.3, 0.4) is 0 Å². The smallest absolute Gasteiger partial charge is 0.257 e. The van der Waals surface area contributed by atoms with Gasteiger partial charge in [-0.3, -0.25) is 9.48 Å². The van der Waals surface area contributed by atoms with Crippen LogP contribution in [0, 0.1) is 0 Å². The van der Waals surface area contributed by atoms with E-state index >= 15 is 0 Å². The Morgan fingerprint density at radius 2 is 1.79 bits per heavy atom. The third kappa shape index (κ3) is 3.77. The standard InChI is InChI=1S/C22H23N3O3/c1-27-20-10-6-5-9-18(20)21-19(22(26)24-11-13-28-14-12-24)16-25(23-21)15-17-7-3-2-4-8-17/h2-10,16H,11-15H2,1H3. The van der Waals surface area contributed by atoms with Gasteiger partial charge in [-0.1, -0.05) is 42.5 Å². The highest BCUT2D eigenvalue weighted by atomic mass is 16.5. The number of hydrogen-bond donors (Lipinski definition) is 0. The Hall–Kier alpha value is -3.12. The highest BCUT2D eigenvalue weighted by Gasteiger charge is 2.25. The van der Waals surface area contributed by atoms with Crippen molar-refractivity contribution >= 4 is 5.91 Å². The molecule has 4 rings (SSSR count). The summed E-state index contributed by atoms with van der Waals surface area (Å²) >= 11 is 0. The van der Waals surface area contributed by atoms with Crippen LogP contribution < -0.4 is 4.74 Å². The molecule has 1 amide bonds. The van der Waals surface area contributed by atoms with E-state index in [0.29, 0.717) is 49.9 Å². The fourth-order valence-corrected chi connectivity index (χ4v) is 3.41. The van der Waals surface area contributed by atoms with Gasteiger partial charge >= 0.3 is 0 Å². The third-order valence-corrected chi connectivity index (χ3v) is 4.84. The van der Waals surface area contributed by atoms with Gasteiger partial charge in [0.15, 0.2) is 0 Å². The lowest BCUT2D eigenvalue weighted by Gasteiger charge is -2.26. The number of para-hydroxylation sites is 1. The largest absolute Gasteiger partial charge is 0.496 e. The molecule has 3 aromatic rings. The first kappa shape index (κ1) is 18.3. The van der Waals surface area contributed by atoms with Crippen molar-refractivity contribution in [2.24, 2.45) is 0 Å². The first-order valence-electron chi connectivity index (χ1n) is 9.38. The first-order valence-corrected chi connectivity index (χ1v) is 9.38. The molecule has 0 spiro atoms. The second-order valence-corrected chi connectivity index (χ2v) is 6.68. The molecular weight excluding hydrogens is 354 g/mol. The minimum Gasteiger partial charge on any atom is -0.496 e. The van der Waals surface area contributed by atoms with Crippen LogP contribution >= 0.6 is 0 Å². The summed E-state index contributed by atoms with van der Waals surface area (Å²) in [4.78, 5) is 15.1. The van der Waals surface area contributed by atoms with E-state index < -0.39 is 0 Å². The number of aromatic nitrogens is 2. The molecule has 1 aliphatic rings. The Kier molecular flexibility index (Phi) is 5.39. The van der Waals surface area contributed by atoms with Crippen molar-refractivity contribution in [3.63, 3.8) is 0 Å². The molecule has 0 unspecified atom stereocenters. The van der Waals surface area contributed by atoms with Gasteiger partial charge in [0.05, 0.1) is 32.4 Å². The van der Waals surface area contributed by atoms with Crippen LogP contribution in [-0.2, 0) is 11.3 Å². The van der Waals surface area contributed by atoms with Gasteiger partial charge in [-0.25, -0.2) is 0 Å². The summed E-state index contributed by atoms with van der Waals surface area (Å²) in [5.41, 5.74) is 3.17. The molecule has 0 atom stereocenters. The summed E-state index contributed by atoms with van der Waals surface area (Å²) in [6.45, 7) is 2.91. The zero-order valence-corrected chi connectivity index (χ0v) is 15.9. The summed E-state index contributed by atoms with van der Waals surface area (Å²) < 4.78 is 12.7. The second-order valence-electron chi connectivity index (χ2n) is 6.68. The van der Waals surface area contributed by atoms with Gasteiger partial charge in [0, 0.05) is 24.8 Å². The maximum atomic E-state index is 13.2. The van der Waals surface area contributed by atoms with Gasteiger partial charge in [-0.15, -0.1) is 0 Å². The van der Waals surface area contributed by atoms with E-state index in [4.69, 9.17) is 14.6 Å². The highest BCUT2D eigenvalue weighted by molar-refractivity contribution is 6.00. The normalized spacial score (nSPS) is 14.1. The molecule has 1 fully saturated rings. The number of ether oxygens (including phenoxy) is 2. The van der Waals surface area contributed by atoms with Crippen LogP contribution in [0.4, 0.5) is 0 Å². The van der Waals surface area contributed by atoms with Crippen LogP contribution in [0.2, 0.25) is 0 Å².